The zero-order chi connectivity index (χ0) is 19.1. The summed E-state index contributed by atoms with van der Waals surface area (Å²) in [5.74, 6) is -1.79. The Morgan fingerprint density at radius 2 is 2.15 bits per heavy atom. The van der Waals surface area contributed by atoms with Crippen molar-refractivity contribution in [3.8, 4) is 5.75 Å². The van der Waals surface area contributed by atoms with Crippen LogP contribution in [0.5, 0.6) is 5.75 Å². The molecular weight excluding hydrogens is 377 g/mol. The number of fused-ring (bicyclic) bond motifs is 1. The number of halogens is 1. The molecule has 1 aliphatic carbocycles. The van der Waals surface area contributed by atoms with Crippen molar-refractivity contribution in [2.75, 3.05) is 19.0 Å². The Bertz CT molecular complexity index is 965. The molecule has 1 aromatic carbocycles. The summed E-state index contributed by atoms with van der Waals surface area (Å²) in [4.78, 5) is 25.5. The maximum atomic E-state index is 14.1. The normalized spacial score (nSPS) is 18.5. The maximum absolute atomic E-state index is 14.1. The number of hydrogen-bond donors (Lipinski definition) is 0. The van der Waals surface area contributed by atoms with Gasteiger partial charge in [-0.2, -0.15) is 0 Å². The fraction of sp³-hybridized carbons (Fsp3) is 0.389. The van der Waals surface area contributed by atoms with Gasteiger partial charge < -0.3 is 14.0 Å². The van der Waals surface area contributed by atoms with Crippen LogP contribution in [-0.2, 0) is 15.5 Å². The van der Waals surface area contributed by atoms with Gasteiger partial charge in [0.05, 0.1) is 28.1 Å². The van der Waals surface area contributed by atoms with Crippen molar-refractivity contribution in [2.24, 2.45) is 0 Å². The zero-order valence-corrected chi connectivity index (χ0v) is 15.3. The van der Waals surface area contributed by atoms with Crippen LogP contribution in [0.3, 0.4) is 0 Å². The standard InChI is InChI=1S/C18H16FNO6S/c1-2-24-18(22)13-12(15(26-20-13)9-3-4-9)14(21)10-5-6-11(19)16-17(10)27(23)8-7-25-16/h5-6,9H,2-4,7-8H2,1H3. The van der Waals surface area contributed by atoms with Crippen LogP contribution in [-0.4, -0.2) is 40.1 Å². The Hall–Kier alpha value is -2.55. The van der Waals surface area contributed by atoms with Crippen molar-refractivity contribution < 1.29 is 32.2 Å². The number of carbonyl (C=O) groups excluding carboxylic acids is 2. The summed E-state index contributed by atoms with van der Waals surface area (Å²) in [6.45, 7) is 1.85. The predicted octanol–water partition coefficient (Wildman–Crippen LogP) is 2.60. The third kappa shape index (κ3) is 3.05. The highest BCUT2D eigenvalue weighted by atomic mass is 32.2. The number of ketones is 1. The Balaban J connectivity index is 1.86. The molecule has 1 saturated carbocycles. The van der Waals surface area contributed by atoms with Gasteiger partial charge in [0.25, 0.3) is 0 Å². The van der Waals surface area contributed by atoms with E-state index in [0.717, 1.165) is 18.9 Å². The summed E-state index contributed by atoms with van der Waals surface area (Å²) in [6.07, 6.45) is 1.63. The largest absolute Gasteiger partial charge is 0.488 e. The fourth-order valence-electron chi connectivity index (χ4n) is 3.02. The van der Waals surface area contributed by atoms with Gasteiger partial charge in [0.1, 0.15) is 12.2 Å². The molecule has 0 spiro atoms. The number of ether oxygens (including phenoxy) is 2. The van der Waals surface area contributed by atoms with Crippen LogP contribution in [0.15, 0.2) is 21.6 Å². The van der Waals surface area contributed by atoms with E-state index in [9.17, 15) is 18.2 Å². The van der Waals surface area contributed by atoms with Gasteiger partial charge in [0, 0.05) is 11.5 Å². The van der Waals surface area contributed by atoms with Gasteiger partial charge in [0.2, 0.25) is 11.5 Å². The molecule has 0 saturated heterocycles. The van der Waals surface area contributed by atoms with E-state index < -0.39 is 28.4 Å². The van der Waals surface area contributed by atoms with Gasteiger partial charge >= 0.3 is 5.97 Å². The van der Waals surface area contributed by atoms with Gasteiger partial charge in [-0.3, -0.25) is 9.00 Å². The Kier molecular flexibility index (Phi) is 4.55. The first-order chi connectivity index (χ1) is 13.0. The Labute approximate surface area is 156 Å². The second-order valence-corrected chi connectivity index (χ2v) is 7.75. The van der Waals surface area contributed by atoms with E-state index in [1.54, 1.807) is 6.92 Å². The minimum atomic E-state index is -1.59. The minimum Gasteiger partial charge on any atom is -0.488 e. The van der Waals surface area contributed by atoms with E-state index in [2.05, 4.69) is 5.16 Å². The van der Waals surface area contributed by atoms with E-state index in [-0.39, 0.29) is 52.4 Å². The second kappa shape index (κ2) is 6.88. The predicted molar refractivity (Wildman–Crippen MR) is 91.0 cm³/mol. The van der Waals surface area contributed by atoms with E-state index in [4.69, 9.17) is 14.0 Å². The molecule has 142 valence electrons. The molecule has 1 aromatic heterocycles. The molecule has 1 aliphatic heterocycles. The summed E-state index contributed by atoms with van der Waals surface area (Å²) in [7, 11) is -1.59. The third-order valence-corrected chi connectivity index (χ3v) is 5.81. The molecule has 27 heavy (non-hydrogen) atoms. The highest BCUT2D eigenvalue weighted by molar-refractivity contribution is 7.85. The molecule has 0 amide bonds. The van der Waals surface area contributed by atoms with E-state index in [1.165, 1.54) is 6.07 Å². The van der Waals surface area contributed by atoms with Crippen LogP contribution >= 0.6 is 0 Å². The lowest BCUT2D eigenvalue weighted by atomic mass is 9.99. The fourth-order valence-corrected chi connectivity index (χ4v) is 4.23. The van der Waals surface area contributed by atoms with Crippen molar-refractivity contribution in [2.45, 2.75) is 30.6 Å². The molecule has 2 aromatic rings. The molecular formula is C18H16FNO6S. The van der Waals surface area contributed by atoms with Crippen LogP contribution < -0.4 is 4.74 Å². The highest BCUT2D eigenvalue weighted by Gasteiger charge is 2.39. The van der Waals surface area contributed by atoms with E-state index >= 15 is 0 Å². The number of rotatable bonds is 5. The number of hydrogen-bond acceptors (Lipinski definition) is 7. The number of nitrogens with zero attached hydrogens (tertiary/aromatic N) is 1. The van der Waals surface area contributed by atoms with Crippen LogP contribution in [0.2, 0.25) is 0 Å². The first-order valence-electron chi connectivity index (χ1n) is 8.58. The van der Waals surface area contributed by atoms with Gasteiger partial charge in [0.15, 0.2) is 17.3 Å². The zero-order valence-electron chi connectivity index (χ0n) is 14.5. The molecule has 7 nitrogen and oxygen atoms in total. The highest BCUT2D eigenvalue weighted by Crippen LogP contribution is 2.44. The van der Waals surface area contributed by atoms with Crippen LogP contribution in [0, 0.1) is 5.82 Å². The van der Waals surface area contributed by atoms with E-state index in [1.807, 2.05) is 0 Å². The van der Waals surface area contributed by atoms with Gasteiger partial charge in [-0.05, 0) is 31.9 Å². The third-order valence-electron chi connectivity index (χ3n) is 4.41. The monoisotopic (exact) mass is 393 g/mol. The van der Waals surface area contributed by atoms with Crippen molar-refractivity contribution in [1.29, 1.82) is 0 Å². The quantitative estimate of drug-likeness (QED) is 0.569. The van der Waals surface area contributed by atoms with Gasteiger partial charge in [-0.15, -0.1) is 0 Å². The maximum Gasteiger partial charge on any atom is 0.361 e. The second-order valence-electron chi connectivity index (χ2n) is 6.25. The Morgan fingerprint density at radius 3 is 2.85 bits per heavy atom. The average molecular weight is 393 g/mol. The number of esters is 1. The molecule has 4 rings (SSSR count). The van der Waals surface area contributed by atoms with Crippen molar-refractivity contribution in [3.05, 3.63) is 40.5 Å². The molecule has 9 heteroatoms. The van der Waals surface area contributed by atoms with E-state index in [0.29, 0.717) is 5.76 Å². The first kappa shape index (κ1) is 17.8. The molecule has 1 unspecified atom stereocenters. The Morgan fingerprint density at radius 1 is 1.37 bits per heavy atom. The topological polar surface area (TPSA) is 95.7 Å². The number of benzene rings is 1. The lowest BCUT2D eigenvalue weighted by Crippen LogP contribution is -2.21. The van der Waals surface area contributed by atoms with Gasteiger partial charge in [-0.25, -0.2) is 9.18 Å². The summed E-state index contributed by atoms with van der Waals surface area (Å²) >= 11 is 0. The molecule has 2 heterocycles. The first-order valence-corrected chi connectivity index (χ1v) is 9.89. The molecule has 1 atom stereocenters. The molecule has 0 N–H and O–H groups in total. The summed E-state index contributed by atoms with van der Waals surface area (Å²) < 4.78 is 42.1. The molecule has 1 fully saturated rings. The SMILES string of the molecule is CCOC(=O)c1noc(C2CC2)c1C(=O)c1ccc(F)c2c1S(=O)CCO2. The summed E-state index contributed by atoms with van der Waals surface area (Å²) in [6, 6.07) is 2.34. The molecule has 0 radical (unpaired) electrons. The summed E-state index contributed by atoms with van der Waals surface area (Å²) in [5.41, 5.74) is -0.211. The molecule has 2 aliphatic rings. The van der Waals surface area contributed by atoms with Gasteiger partial charge in [-0.1, -0.05) is 5.16 Å². The smallest absolute Gasteiger partial charge is 0.361 e. The number of aromatic nitrogens is 1. The van der Waals surface area contributed by atoms with Crippen molar-refractivity contribution >= 4 is 22.6 Å². The van der Waals surface area contributed by atoms with Crippen molar-refractivity contribution in [1.82, 2.24) is 5.16 Å². The van der Waals surface area contributed by atoms with Crippen molar-refractivity contribution in [3.63, 3.8) is 0 Å². The lowest BCUT2D eigenvalue weighted by Gasteiger charge is -2.19. The average Bonchev–Trinajstić information content (AvgIpc) is 3.40. The number of carbonyl (C=O) groups is 2. The molecule has 0 bridgehead atoms. The minimum absolute atomic E-state index is 0.00218. The van der Waals surface area contributed by atoms with Crippen LogP contribution in [0.25, 0.3) is 0 Å². The summed E-state index contributed by atoms with van der Waals surface area (Å²) in [5, 5.41) is 3.74. The lowest BCUT2D eigenvalue weighted by molar-refractivity contribution is 0.0512. The van der Waals surface area contributed by atoms with Crippen LogP contribution in [0.4, 0.5) is 4.39 Å². The van der Waals surface area contributed by atoms with Crippen LogP contribution in [0.1, 0.15) is 57.9 Å².